The zero-order valence-corrected chi connectivity index (χ0v) is 19.0. The smallest absolute Gasteiger partial charge is 0.224 e. The van der Waals surface area contributed by atoms with Crippen molar-refractivity contribution < 1.29 is 18.7 Å². The Morgan fingerprint density at radius 2 is 1.91 bits per heavy atom. The Hall–Kier alpha value is -3.94. The second-order valence-corrected chi connectivity index (χ2v) is 7.69. The number of anilines is 1. The van der Waals surface area contributed by atoms with Gasteiger partial charge in [-0.2, -0.15) is 5.10 Å². The maximum atomic E-state index is 13.6. The van der Waals surface area contributed by atoms with Crippen LogP contribution in [0.15, 0.2) is 48.5 Å². The number of carbonyl (C=O) groups is 1. The molecule has 0 saturated carbocycles. The van der Waals surface area contributed by atoms with Crippen LogP contribution >= 0.6 is 0 Å². The molecule has 0 saturated heterocycles. The molecule has 2 aromatic carbocycles. The Morgan fingerprint density at radius 1 is 1.09 bits per heavy atom. The molecule has 2 aromatic heterocycles. The van der Waals surface area contributed by atoms with Gasteiger partial charge >= 0.3 is 0 Å². The van der Waals surface area contributed by atoms with Crippen molar-refractivity contribution in [3.63, 3.8) is 0 Å². The van der Waals surface area contributed by atoms with Crippen LogP contribution in [0.2, 0.25) is 0 Å². The molecule has 4 rings (SSSR count). The summed E-state index contributed by atoms with van der Waals surface area (Å²) in [5.41, 5.74) is 5.23. The highest BCUT2D eigenvalue weighted by Crippen LogP contribution is 2.29. The number of hydrogen-bond donors (Lipinski definition) is 1. The van der Waals surface area contributed by atoms with Gasteiger partial charge in [0.2, 0.25) is 5.91 Å². The summed E-state index contributed by atoms with van der Waals surface area (Å²) >= 11 is 0. The van der Waals surface area contributed by atoms with E-state index >= 15 is 0 Å². The molecule has 1 amide bonds. The number of halogens is 1. The van der Waals surface area contributed by atoms with Crippen LogP contribution in [-0.2, 0) is 11.2 Å². The minimum atomic E-state index is -0.315. The fourth-order valence-electron chi connectivity index (χ4n) is 3.84. The van der Waals surface area contributed by atoms with Gasteiger partial charge in [0.1, 0.15) is 17.3 Å². The molecule has 0 fully saturated rings. The topological polar surface area (TPSA) is 77.8 Å². The maximum absolute atomic E-state index is 13.6. The van der Waals surface area contributed by atoms with Crippen molar-refractivity contribution >= 4 is 17.2 Å². The number of nitrogens with zero attached hydrogens (tertiary/aromatic N) is 3. The average molecular weight is 448 g/mol. The summed E-state index contributed by atoms with van der Waals surface area (Å²) in [4.78, 5) is 17.3. The zero-order chi connectivity index (χ0) is 23.5. The largest absolute Gasteiger partial charge is 0.497 e. The molecular weight excluding hydrogens is 423 g/mol. The maximum Gasteiger partial charge on any atom is 0.224 e. The number of hydrogen-bond acceptors (Lipinski definition) is 5. The number of aryl methyl sites for hydroxylation is 2. The molecule has 1 N–H and O–H groups in total. The van der Waals surface area contributed by atoms with E-state index in [0.717, 1.165) is 17.0 Å². The van der Waals surface area contributed by atoms with E-state index in [9.17, 15) is 9.18 Å². The molecule has 8 heteroatoms. The van der Waals surface area contributed by atoms with Crippen LogP contribution < -0.4 is 14.8 Å². The van der Waals surface area contributed by atoms with Crippen molar-refractivity contribution in [2.45, 2.75) is 26.7 Å². The first-order valence-electron chi connectivity index (χ1n) is 10.5. The highest BCUT2D eigenvalue weighted by Gasteiger charge is 2.16. The number of fused-ring (bicyclic) bond motifs is 1. The fourth-order valence-corrected chi connectivity index (χ4v) is 3.84. The van der Waals surface area contributed by atoms with Gasteiger partial charge in [0.05, 0.1) is 25.6 Å². The molecule has 0 aliphatic carbocycles. The number of amides is 1. The molecule has 0 spiro atoms. The van der Waals surface area contributed by atoms with Gasteiger partial charge in [-0.1, -0.05) is 12.1 Å². The van der Waals surface area contributed by atoms with Gasteiger partial charge in [0.25, 0.3) is 0 Å². The van der Waals surface area contributed by atoms with Crippen LogP contribution in [0.4, 0.5) is 10.1 Å². The lowest BCUT2D eigenvalue weighted by Crippen LogP contribution is -2.15. The third-order valence-electron chi connectivity index (χ3n) is 5.57. The van der Waals surface area contributed by atoms with Crippen molar-refractivity contribution in [1.82, 2.24) is 14.6 Å². The average Bonchev–Trinajstić information content (AvgIpc) is 3.23. The van der Waals surface area contributed by atoms with Crippen LogP contribution in [0.5, 0.6) is 11.5 Å². The number of carbonyl (C=O) groups excluding carboxylic acids is 1. The van der Waals surface area contributed by atoms with E-state index in [2.05, 4.69) is 15.4 Å². The molecule has 33 heavy (non-hydrogen) atoms. The zero-order valence-electron chi connectivity index (χ0n) is 19.0. The highest BCUT2D eigenvalue weighted by molar-refractivity contribution is 5.92. The lowest BCUT2D eigenvalue weighted by Gasteiger charge is -2.13. The second-order valence-electron chi connectivity index (χ2n) is 7.69. The molecule has 0 bridgehead atoms. The standard InChI is InChI=1S/C25H25FN4O3/c1-15-20(9-11-25(31)28-22-13-19(32-3)8-10-23(22)33-4)16(2)30-24(27-15)14-21(29-30)17-6-5-7-18(26)12-17/h5-8,10,12-14H,9,11H2,1-4H3,(H,28,31). The Labute approximate surface area is 191 Å². The van der Waals surface area contributed by atoms with E-state index in [1.807, 2.05) is 26.0 Å². The van der Waals surface area contributed by atoms with Crippen LogP contribution in [0.3, 0.4) is 0 Å². The normalized spacial score (nSPS) is 10.9. The van der Waals surface area contributed by atoms with Crippen LogP contribution in [-0.4, -0.2) is 34.7 Å². The summed E-state index contributed by atoms with van der Waals surface area (Å²) in [6.45, 7) is 3.86. The molecule has 0 aliphatic heterocycles. The fraction of sp³-hybridized carbons (Fsp3) is 0.240. The Balaban J connectivity index is 1.55. The first kappa shape index (κ1) is 22.3. The number of methoxy groups -OCH3 is 2. The van der Waals surface area contributed by atoms with Gasteiger partial charge in [0.15, 0.2) is 5.65 Å². The van der Waals surface area contributed by atoms with E-state index in [0.29, 0.717) is 40.5 Å². The number of nitrogens with one attached hydrogen (secondary N) is 1. The van der Waals surface area contributed by atoms with Crippen LogP contribution in [0.1, 0.15) is 23.4 Å². The van der Waals surface area contributed by atoms with E-state index in [-0.39, 0.29) is 18.1 Å². The van der Waals surface area contributed by atoms with Crippen molar-refractivity contribution in [1.29, 1.82) is 0 Å². The first-order valence-corrected chi connectivity index (χ1v) is 10.5. The van der Waals surface area contributed by atoms with Gasteiger partial charge in [-0.05, 0) is 50.1 Å². The van der Waals surface area contributed by atoms with Gasteiger partial charge < -0.3 is 14.8 Å². The van der Waals surface area contributed by atoms with E-state index in [1.165, 1.54) is 12.1 Å². The molecule has 170 valence electrons. The van der Waals surface area contributed by atoms with Crippen LogP contribution in [0, 0.1) is 19.7 Å². The molecule has 0 radical (unpaired) electrons. The molecule has 0 atom stereocenters. The predicted molar refractivity (Wildman–Crippen MR) is 124 cm³/mol. The van der Waals surface area contributed by atoms with E-state index < -0.39 is 0 Å². The van der Waals surface area contributed by atoms with Crippen molar-refractivity contribution in [2.24, 2.45) is 0 Å². The summed E-state index contributed by atoms with van der Waals surface area (Å²) in [7, 11) is 3.12. The second kappa shape index (κ2) is 9.28. The molecule has 4 aromatic rings. The van der Waals surface area contributed by atoms with Crippen molar-refractivity contribution in [3.8, 4) is 22.8 Å². The summed E-state index contributed by atoms with van der Waals surface area (Å²) in [6.07, 6.45) is 0.751. The monoisotopic (exact) mass is 448 g/mol. The van der Waals surface area contributed by atoms with Gasteiger partial charge in [0, 0.05) is 35.5 Å². The first-order chi connectivity index (χ1) is 15.9. The lowest BCUT2D eigenvalue weighted by atomic mass is 10.1. The quantitative estimate of drug-likeness (QED) is 0.442. The lowest BCUT2D eigenvalue weighted by molar-refractivity contribution is -0.116. The number of benzene rings is 2. The minimum Gasteiger partial charge on any atom is -0.497 e. The third kappa shape index (κ3) is 4.64. The molecular formula is C25H25FN4O3. The number of rotatable bonds is 7. The summed E-state index contributed by atoms with van der Waals surface area (Å²) in [6, 6.07) is 13.4. The van der Waals surface area contributed by atoms with E-state index in [1.54, 1.807) is 43.0 Å². The summed E-state index contributed by atoms with van der Waals surface area (Å²) in [5, 5.41) is 7.51. The SMILES string of the molecule is COc1ccc(OC)c(NC(=O)CCc2c(C)nc3cc(-c4cccc(F)c4)nn3c2C)c1. The minimum absolute atomic E-state index is 0.152. The van der Waals surface area contributed by atoms with Crippen molar-refractivity contribution in [3.05, 3.63) is 71.3 Å². The van der Waals surface area contributed by atoms with Gasteiger partial charge in [-0.15, -0.1) is 0 Å². The Bertz CT molecular complexity index is 1330. The van der Waals surface area contributed by atoms with Crippen LogP contribution in [0.25, 0.3) is 16.9 Å². The molecule has 0 aliphatic rings. The predicted octanol–water partition coefficient (Wildman–Crippen LogP) is 4.74. The Morgan fingerprint density at radius 3 is 2.64 bits per heavy atom. The van der Waals surface area contributed by atoms with Gasteiger partial charge in [-0.3, -0.25) is 4.79 Å². The van der Waals surface area contributed by atoms with Gasteiger partial charge in [-0.25, -0.2) is 13.9 Å². The molecule has 7 nitrogen and oxygen atoms in total. The third-order valence-corrected chi connectivity index (χ3v) is 5.57. The number of aromatic nitrogens is 3. The highest BCUT2D eigenvalue weighted by atomic mass is 19.1. The molecule has 0 unspecified atom stereocenters. The summed E-state index contributed by atoms with van der Waals surface area (Å²) < 4.78 is 25.9. The summed E-state index contributed by atoms with van der Waals surface area (Å²) in [5.74, 6) is 0.715. The van der Waals surface area contributed by atoms with E-state index in [4.69, 9.17) is 9.47 Å². The van der Waals surface area contributed by atoms with Crippen molar-refractivity contribution in [2.75, 3.05) is 19.5 Å². The Kier molecular flexibility index (Phi) is 6.26. The molecule has 2 heterocycles. The number of ether oxygens (including phenoxy) is 2.